The number of anilines is 1. The molecule has 1 aromatic carbocycles. The highest BCUT2D eigenvalue weighted by Crippen LogP contribution is 2.30. The minimum Gasteiger partial charge on any atom is -0.375 e. The summed E-state index contributed by atoms with van der Waals surface area (Å²) in [5.41, 5.74) is -0.204. The molecule has 0 amide bonds. The Morgan fingerprint density at radius 2 is 1.94 bits per heavy atom. The van der Waals surface area contributed by atoms with Gasteiger partial charge in [0.05, 0.1) is 16.1 Å². The molecule has 0 aliphatic heterocycles. The zero-order chi connectivity index (χ0) is 13.3. The van der Waals surface area contributed by atoms with Gasteiger partial charge in [0.25, 0.3) is 0 Å². The number of thiophene rings is 1. The lowest BCUT2D eigenvalue weighted by Gasteiger charge is -2.14. The van der Waals surface area contributed by atoms with Gasteiger partial charge in [-0.05, 0) is 19.1 Å². The number of nitrogens with one attached hydrogen (secondary N) is 1. The first-order chi connectivity index (χ1) is 8.47. The lowest BCUT2D eigenvalue weighted by Crippen LogP contribution is -2.07. The van der Waals surface area contributed by atoms with E-state index in [0.29, 0.717) is 10.4 Å². The Morgan fingerprint density at radius 1 is 1.22 bits per heavy atom. The van der Waals surface area contributed by atoms with Crippen LogP contribution in [0, 0.1) is 17.5 Å². The van der Waals surface area contributed by atoms with Gasteiger partial charge < -0.3 is 5.32 Å². The molecule has 6 heteroatoms. The number of hydrogen-bond acceptors (Lipinski definition) is 2. The van der Waals surface area contributed by atoms with Crippen LogP contribution >= 0.6 is 22.9 Å². The lowest BCUT2D eigenvalue weighted by molar-refractivity contribution is 0.496. The first-order valence-corrected chi connectivity index (χ1v) is 6.33. The van der Waals surface area contributed by atoms with Gasteiger partial charge >= 0.3 is 0 Å². The highest BCUT2D eigenvalue weighted by Gasteiger charge is 2.14. The fraction of sp³-hybridized carbons (Fsp3) is 0.167. The Bertz CT molecular complexity index is 570. The maximum Gasteiger partial charge on any atom is 0.182 e. The highest BCUT2D eigenvalue weighted by molar-refractivity contribution is 7.16. The van der Waals surface area contributed by atoms with Crippen LogP contribution in [0.1, 0.15) is 17.8 Å². The van der Waals surface area contributed by atoms with Crippen molar-refractivity contribution in [3.63, 3.8) is 0 Å². The van der Waals surface area contributed by atoms with Gasteiger partial charge in [-0.1, -0.05) is 11.6 Å². The maximum absolute atomic E-state index is 13.4. The monoisotopic (exact) mass is 291 g/mol. The van der Waals surface area contributed by atoms with Gasteiger partial charge in [0.2, 0.25) is 0 Å². The van der Waals surface area contributed by atoms with Gasteiger partial charge in [0.15, 0.2) is 11.6 Å². The van der Waals surface area contributed by atoms with Crippen LogP contribution < -0.4 is 5.32 Å². The molecular formula is C12H9ClF3NS. The van der Waals surface area contributed by atoms with Crippen LogP contribution in [0.2, 0.25) is 4.34 Å². The predicted molar refractivity (Wildman–Crippen MR) is 67.7 cm³/mol. The molecule has 0 bridgehead atoms. The smallest absolute Gasteiger partial charge is 0.182 e. The summed E-state index contributed by atoms with van der Waals surface area (Å²) in [7, 11) is 0. The second kappa shape index (κ2) is 5.20. The van der Waals surface area contributed by atoms with Crippen molar-refractivity contribution in [2.75, 3.05) is 5.32 Å². The molecule has 18 heavy (non-hydrogen) atoms. The van der Waals surface area contributed by atoms with Crippen molar-refractivity contribution in [3.05, 3.63) is 50.9 Å². The van der Waals surface area contributed by atoms with Gasteiger partial charge in [0.1, 0.15) is 5.82 Å². The third-order valence-electron chi connectivity index (χ3n) is 2.39. The topological polar surface area (TPSA) is 12.0 Å². The first kappa shape index (κ1) is 13.2. The minimum atomic E-state index is -1.21. The van der Waals surface area contributed by atoms with E-state index in [4.69, 9.17) is 11.6 Å². The molecule has 0 saturated carbocycles. The van der Waals surface area contributed by atoms with Gasteiger partial charge in [-0.15, -0.1) is 11.3 Å². The molecule has 0 radical (unpaired) electrons. The molecule has 2 aromatic rings. The normalized spacial score (nSPS) is 12.5. The van der Waals surface area contributed by atoms with E-state index < -0.39 is 17.5 Å². The van der Waals surface area contributed by atoms with E-state index in [9.17, 15) is 13.2 Å². The molecule has 2 rings (SSSR count). The molecule has 0 aliphatic carbocycles. The van der Waals surface area contributed by atoms with Crippen molar-refractivity contribution >= 4 is 28.6 Å². The first-order valence-electron chi connectivity index (χ1n) is 5.13. The average molecular weight is 292 g/mol. The highest BCUT2D eigenvalue weighted by atomic mass is 35.5. The summed E-state index contributed by atoms with van der Waals surface area (Å²) in [6, 6.07) is 4.62. The summed E-state index contributed by atoms with van der Waals surface area (Å²) in [5.74, 6) is -3.13. The minimum absolute atomic E-state index is 0.204. The second-order valence-corrected chi connectivity index (χ2v) is 5.50. The number of benzene rings is 1. The van der Waals surface area contributed by atoms with Crippen molar-refractivity contribution in [1.82, 2.24) is 0 Å². The molecule has 0 saturated heterocycles. The van der Waals surface area contributed by atoms with Crippen molar-refractivity contribution in [2.24, 2.45) is 0 Å². The Labute approximate surface area is 111 Å². The van der Waals surface area contributed by atoms with Crippen molar-refractivity contribution in [2.45, 2.75) is 13.0 Å². The molecular weight excluding hydrogens is 283 g/mol. The van der Waals surface area contributed by atoms with E-state index in [1.807, 2.05) is 0 Å². The van der Waals surface area contributed by atoms with Crippen LogP contribution in [0.25, 0.3) is 0 Å². The molecule has 0 aliphatic rings. The van der Waals surface area contributed by atoms with Crippen molar-refractivity contribution in [1.29, 1.82) is 0 Å². The lowest BCUT2D eigenvalue weighted by atomic mass is 10.2. The van der Waals surface area contributed by atoms with Crippen molar-refractivity contribution in [3.8, 4) is 0 Å². The molecule has 0 fully saturated rings. The third-order valence-corrected chi connectivity index (χ3v) is 3.80. The van der Waals surface area contributed by atoms with Crippen molar-refractivity contribution < 1.29 is 13.2 Å². The zero-order valence-corrected chi connectivity index (χ0v) is 10.9. The Morgan fingerprint density at radius 3 is 2.56 bits per heavy atom. The van der Waals surface area contributed by atoms with E-state index in [1.54, 1.807) is 19.1 Å². The number of halogens is 4. The molecule has 1 nitrogen and oxygen atoms in total. The summed E-state index contributed by atoms with van der Waals surface area (Å²) in [6.07, 6.45) is 0. The van der Waals surface area contributed by atoms with Crippen LogP contribution in [-0.2, 0) is 0 Å². The van der Waals surface area contributed by atoms with E-state index in [1.165, 1.54) is 11.3 Å². The molecule has 1 atom stereocenters. The van der Waals surface area contributed by atoms with Crippen LogP contribution in [0.3, 0.4) is 0 Å². The Hall–Kier alpha value is -1.20. The van der Waals surface area contributed by atoms with Crippen LogP contribution in [0.15, 0.2) is 24.3 Å². The second-order valence-electron chi connectivity index (χ2n) is 3.76. The predicted octanol–water partition coefficient (Wildman–Crippen LogP) is 4.99. The SMILES string of the molecule is CC(Nc1cc(F)cc(F)c1F)c1ccc(Cl)s1. The van der Waals surface area contributed by atoms with E-state index >= 15 is 0 Å². The summed E-state index contributed by atoms with van der Waals surface area (Å²) in [5, 5.41) is 2.72. The van der Waals surface area contributed by atoms with Gasteiger partial charge in [-0.3, -0.25) is 0 Å². The fourth-order valence-corrected chi connectivity index (χ4v) is 2.59. The molecule has 1 heterocycles. The zero-order valence-electron chi connectivity index (χ0n) is 9.31. The summed E-state index contributed by atoms with van der Waals surface area (Å²) in [4.78, 5) is 0.851. The summed E-state index contributed by atoms with van der Waals surface area (Å²) < 4.78 is 40.1. The number of rotatable bonds is 3. The van der Waals surface area contributed by atoms with E-state index in [2.05, 4.69) is 5.32 Å². The molecule has 96 valence electrons. The maximum atomic E-state index is 13.4. The standard InChI is InChI=1S/C12H9ClF3NS/c1-6(10-2-3-11(13)18-10)17-9-5-7(14)4-8(15)12(9)16/h2-6,17H,1H3. The fourth-order valence-electron chi connectivity index (χ4n) is 1.53. The molecule has 0 spiro atoms. The molecule has 1 aromatic heterocycles. The average Bonchev–Trinajstić information content (AvgIpc) is 2.72. The largest absolute Gasteiger partial charge is 0.375 e. The third kappa shape index (κ3) is 2.79. The van der Waals surface area contributed by atoms with Gasteiger partial charge in [-0.2, -0.15) is 0 Å². The van der Waals surface area contributed by atoms with Crippen LogP contribution in [0.4, 0.5) is 18.9 Å². The Kier molecular flexibility index (Phi) is 3.82. The quantitative estimate of drug-likeness (QED) is 0.785. The van der Waals surface area contributed by atoms with Gasteiger partial charge in [-0.25, -0.2) is 13.2 Å². The van der Waals surface area contributed by atoms with Crippen LogP contribution in [-0.4, -0.2) is 0 Å². The molecule has 1 unspecified atom stereocenters. The number of hydrogen-bond donors (Lipinski definition) is 1. The summed E-state index contributed by atoms with van der Waals surface area (Å²) in [6.45, 7) is 1.75. The van der Waals surface area contributed by atoms with Gasteiger partial charge in [0, 0.05) is 17.0 Å². The molecule has 1 N–H and O–H groups in total. The van der Waals surface area contributed by atoms with E-state index in [0.717, 1.165) is 10.9 Å². The van der Waals surface area contributed by atoms with Crippen LogP contribution in [0.5, 0.6) is 0 Å². The van der Waals surface area contributed by atoms with E-state index in [-0.39, 0.29) is 11.7 Å². The Balaban J connectivity index is 2.24. The summed E-state index contributed by atoms with van der Waals surface area (Å²) >= 11 is 7.11.